The smallest absolute Gasteiger partial charge is 0.233 e. The predicted molar refractivity (Wildman–Crippen MR) is 68.4 cm³/mol. The number of benzene rings is 1. The Labute approximate surface area is 101 Å². The Morgan fingerprint density at radius 3 is 2.71 bits per heavy atom. The first-order valence-corrected chi connectivity index (χ1v) is 5.75. The third-order valence-corrected chi connectivity index (χ3v) is 2.31. The van der Waals surface area contributed by atoms with Crippen LogP contribution in [0.2, 0.25) is 0 Å². The average Bonchev–Trinajstić information content (AvgIpc) is 2.29. The van der Waals surface area contributed by atoms with Crippen LogP contribution in [0.1, 0.15) is 25.8 Å². The van der Waals surface area contributed by atoms with Gasteiger partial charge in [0.25, 0.3) is 0 Å². The van der Waals surface area contributed by atoms with Crippen molar-refractivity contribution in [2.24, 2.45) is 0 Å². The Balaban J connectivity index is 2.59. The maximum atomic E-state index is 11.6. The highest BCUT2D eigenvalue weighted by molar-refractivity contribution is 6.03. The van der Waals surface area contributed by atoms with Crippen LogP contribution in [-0.4, -0.2) is 18.4 Å². The van der Waals surface area contributed by atoms with E-state index in [-0.39, 0.29) is 18.2 Å². The number of hydrogen-bond donors (Lipinski definition) is 2. The molecule has 1 aromatic rings. The standard InChI is InChI=1S/C13H18N2O2/c1-3-10-7-5-6-8-11(10)15-13(16)9-12(14)17-4-2/h5-8,14H,3-4,9H2,1-2H3,(H,15,16). The van der Waals surface area contributed by atoms with Gasteiger partial charge in [0.2, 0.25) is 5.91 Å². The Hall–Kier alpha value is -1.84. The van der Waals surface area contributed by atoms with E-state index in [9.17, 15) is 4.79 Å². The molecular formula is C13H18N2O2. The van der Waals surface area contributed by atoms with Gasteiger partial charge in [0.05, 0.1) is 6.61 Å². The molecule has 0 heterocycles. The molecule has 4 nitrogen and oxygen atoms in total. The zero-order valence-electron chi connectivity index (χ0n) is 10.2. The van der Waals surface area contributed by atoms with Gasteiger partial charge in [-0.15, -0.1) is 0 Å². The summed E-state index contributed by atoms with van der Waals surface area (Å²) in [6.45, 7) is 4.24. The van der Waals surface area contributed by atoms with Gasteiger partial charge in [0.1, 0.15) is 6.42 Å². The van der Waals surface area contributed by atoms with Gasteiger partial charge in [-0.3, -0.25) is 10.2 Å². The minimum atomic E-state index is -0.218. The second kappa shape index (κ2) is 6.68. The molecule has 1 rings (SSSR count). The van der Waals surface area contributed by atoms with E-state index < -0.39 is 0 Å². The molecule has 1 amide bonds. The molecule has 0 aromatic heterocycles. The van der Waals surface area contributed by atoms with E-state index in [1.807, 2.05) is 31.2 Å². The molecule has 0 spiro atoms. The fraction of sp³-hybridized carbons (Fsp3) is 0.385. The zero-order chi connectivity index (χ0) is 12.7. The maximum Gasteiger partial charge on any atom is 0.233 e. The van der Waals surface area contributed by atoms with Crippen LogP contribution >= 0.6 is 0 Å². The average molecular weight is 234 g/mol. The number of hydrogen-bond acceptors (Lipinski definition) is 3. The fourth-order valence-electron chi connectivity index (χ4n) is 1.52. The Kier molecular flexibility index (Phi) is 5.20. The van der Waals surface area contributed by atoms with Gasteiger partial charge in [-0.05, 0) is 25.0 Å². The van der Waals surface area contributed by atoms with Crippen LogP contribution in [0.4, 0.5) is 5.69 Å². The van der Waals surface area contributed by atoms with E-state index in [4.69, 9.17) is 10.1 Å². The summed E-state index contributed by atoms with van der Waals surface area (Å²) in [5.74, 6) is -0.219. The Morgan fingerprint density at radius 2 is 2.06 bits per heavy atom. The molecule has 0 aliphatic rings. The van der Waals surface area contributed by atoms with Crippen LogP contribution in [0.25, 0.3) is 0 Å². The monoisotopic (exact) mass is 234 g/mol. The second-order valence-electron chi connectivity index (χ2n) is 3.59. The van der Waals surface area contributed by atoms with Gasteiger partial charge in [-0.2, -0.15) is 0 Å². The summed E-state index contributed by atoms with van der Waals surface area (Å²) in [5, 5.41) is 10.2. The summed E-state index contributed by atoms with van der Waals surface area (Å²) >= 11 is 0. The van der Waals surface area contributed by atoms with E-state index in [0.29, 0.717) is 6.61 Å². The van der Waals surface area contributed by atoms with Crippen LogP contribution in [0.5, 0.6) is 0 Å². The molecule has 2 N–H and O–H groups in total. The van der Waals surface area contributed by atoms with E-state index in [1.54, 1.807) is 6.92 Å². The highest BCUT2D eigenvalue weighted by atomic mass is 16.5. The number of para-hydroxylation sites is 1. The van der Waals surface area contributed by atoms with E-state index >= 15 is 0 Å². The zero-order valence-corrected chi connectivity index (χ0v) is 10.2. The van der Waals surface area contributed by atoms with Crippen LogP contribution in [0.3, 0.4) is 0 Å². The van der Waals surface area contributed by atoms with Crippen molar-refractivity contribution < 1.29 is 9.53 Å². The lowest BCUT2D eigenvalue weighted by molar-refractivity contribution is -0.115. The topological polar surface area (TPSA) is 62.2 Å². The summed E-state index contributed by atoms with van der Waals surface area (Å²) in [6, 6.07) is 7.66. The molecule has 0 radical (unpaired) electrons. The number of aryl methyl sites for hydroxylation is 1. The summed E-state index contributed by atoms with van der Waals surface area (Å²) in [7, 11) is 0. The van der Waals surface area contributed by atoms with E-state index in [1.165, 1.54) is 0 Å². The third-order valence-electron chi connectivity index (χ3n) is 2.31. The Bertz CT molecular complexity index is 402. The number of ether oxygens (including phenoxy) is 1. The lowest BCUT2D eigenvalue weighted by Crippen LogP contribution is -2.18. The molecule has 0 aliphatic carbocycles. The van der Waals surface area contributed by atoms with Crippen LogP contribution < -0.4 is 5.32 Å². The van der Waals surface area contributed by atoms with Crippen LogP contribution in [0.15, 0.2) is 24.3 Å². The molecule has 4 heteroatoms. The van der Waals surface area contributed by atoms with Crippen molar-refractivity contribution in [1.82, 2.24) is 0 Å². The largest absolute Gasteiger partial charge is 0.481 e. The summed E-state index contributed by atoms with van der Waals surface area (Å²) in [4.78, 5) is 11.6. The van der Waals surface area contributed by atoms with Crippen molar-refractivity contribution >= 4 is 17.5 Å². The maximum absolute atomic E-state index is 11.6. The van der Waals surface area contributed by atoms with Crippen molar-refractivity contribution in [3.05, 3.63) is 29.8 Å². The van der Waals surface area contributed by atoms with Crippen molar-refractivity contribution in [2.45, 2.75) is 26.7 Å². The molecule has 0 fully saturated rings. The third kappa shape index (κ3) is 4.26. The number of carbonyl (C=O) groups excluding carboxylic acids is 1. The molecule has 0 atom stereocenters. The molecule has 0 unspecified atom stereocenters. The number of nitrogens with one attached hydrogen (secondary N) is 2. The minimum absolute atomic E-state index is 0.000945. The summed E-state index contributed by atoms with van der Waals surface area (Å²) in [5.41, 5.74) is 1.90. The number of carbonyl (C=O) groups is 1. The molecule has 92 valence electrons. The predicted octanol–water partition coefficient (Wildman–Crippen LogP) is 2.59. The van der Waals surface area contributed by atoms with Gasteiger partial charge in [0, 0.05) is 5.69 Å². The first-order valence-electron chi connectivity index (χ1n) is 5.75. The SMILES string of the molecule is CCOC(=N)CC(=O)Nc1ccccc1CC. The Morgan fingerprint density at radius 1 is 1.35 bits per heavy atom. The van der Waals surface area contributed by atoms with Gasteiger partial charge in [0.15, 0.2) is 5.90 Å². The molecule has 0 saturated carbocycles. The lowest BCUT2D eigenvalue weighted by atomic mass is 10.1. The normalized spacial score (nSPS) is 9.76. The van der Waals surface area contributed by atoms with Crippen molar-refractivity contribution in [3.8, 4) is 0 Å². The van der Waals surface area contributed by atoms with E-state index in [0.717, 1.165) is 17.7 Å². The highest BCUT2D eigenvalue weighted by Crippen LogP contribution is 2.15. The van der Waals surface area contributed by atoms with Gasteiger partial charge >= 0.3 is 0 Å². The molecule has 17 heavy (non-hydrogen) atoms. The molecule has 0 bridgehead atoms. The molecule has 0 saturated heterocycles. The number of amides is 1. The van der Waals surface area contributed by atoms with Crippen molar-refractivity contribution in [3.63, 3.8) is 0 Å². The van der Waals surface area contributed by atoms with Crippen LogP contribution in [-0.2, 0) is 16.0 Å². The number of rotatable bonds is 5. The summed E-state index contributed by atoms with van der Waals surface area (Å²) in [6.07, 6.45) is 0.839. The van der Waals surface area contributed by atoms with E-state index in [2.05, 4.69) is 5.32 Å². The van der Waals surface area contributed by atoms with Gasteiger partial charge < -0.3 is 10.1 Å². The second-order valence-corrected chi connectivity index (χ2v) is 3.59. The van der Waals surface area contributed by atoms with Crippen molar-refractivity contribution in [2.75, 3.05) is 11.9 Å². The number of anilines is 1. The summed E-state index contributed by atoms with van der Waals surface area (Å²) < 4.78 is 4.93. The van der Waals surface area contributed by atoms with Gasteiger partial charge in [-0.1, -0.05) is 25.1 Å². The molecule has 0 aliphatic heterocycles. The van der Waals surface area contributed by atoms with Crippen LogP contribution in [0, 0.1) is 5.41 Å². The quantitative estimate of drug-likeness (QED) is 0.607. The van der Waals surface area contributed by atoms with Gasteiger partial charge in [-0.25, -0.2) is 0 Å². The first-order chi connectivity index (χ1) is 8.17. The molecule has 1 aromatic carbocycles. The fourth-order valence-corrected chi connectivity index (χ4v) is 1.52. The lowest BCUT2D eigenvalue weighted by Gasteiger charge is -2.10. The minimum Gasteiger partial charge on any atom is -0.481 e. The van der Waals surface area contributed by atoms with Crippen molar-refractivity contribution in [1.29, 1.82) is 5.41 Å². The first kappa shape index (κ1) is 13.2. The highest BCUT2D eigenvalue weighted by Gasteiger charge is 2.08. The molecular weight excluding hydrogens is 216 g/mol.